The topological polar surface area (TPSA) is 38.1 Å². The molecule has 1 aromatic heterocycles. The highest BCUT2D eigenvalue weighted by Crippen LogP contribution is 2.16. The fourth-order valence-electron chi connectivity index (χ4n) is 1.32. The molecule has 0 atom stereocenters. The van der Waals surface area contributed by atoms with Gasteiger partial charge in [-0.25, -0.2) is 0 Å². The molecule has 2 rings (SSSR count). The van der Waals surface area contributed by atoms with Gasteiger partial charge in [0, 0.05) is 6.54 Å². The van der Waals surface area contributed by atoms with Gasteiger partial charge in [-0.1, -0.05) is 0 Å². The van der Waals surface area contributed by atoms with Crippen molar-refractivity contribution in [2.45, 2.75) is 13.1 Å². The molecule has 0 aromatic carbocycles. The van der Waals surface area contributed by atoms with Gasteiger partial charge in [0.1, 0.15) is 0 Å². The Bertz CT molecular complexity index is 310. The molecule has 4 nitrogen and oxygen atoms in total. The summed E-state index contributed by atoms with van der Waals surface area (Å²) in [7, 11) is 0. The van der Waals surface area contributed by atoms with E-state index in [-0.39, 0.29) is 0 Å². The maximum atomic E-state index is 10.5. The second-order valence-electron chi connectivity index (χ2n) is 2.74. The van der Waals surface area contributed by atoms with Crippen LogP contribution in [0.1, 0.15) is 5.69 Å². The molecular weight excluding hydrogens is 269 g/mol. The van der Waals surface area contributed by atoms with E-state index in [4.69, 9.17) is 0 Å². The molecule has 0 radical (unpaired) electrons. The second-order valence-corrected chi connectivity index (χ2v) is 3.90. The zero-order chi connectivity index (χ0) is 8.55. The van der Waals surface area contributed by atoms with Crippen LogP contribution in [-0.2, 0) is 17.9 Å². The number of hydrogen-bond donors (Lipinski definition) is 0. The minimum Gasteiger partial charge on any atom is -0.337 e. The summed E-state index contributed by atoms with van der Waals surface area (Å²) in [6.07, 6.45) is 2.73. The molecule has 0 unspecified atom stereocenters. The van der Waals surface area contributed by atoms with Gasteiger partial charge in [0.15, 0.2) is 0 Å². The van der Waals surface area contributed by atoms with Crippen molar-refractivity contribution in [1.82, 2.24) is 14.7 Å². The van der Waals surface area contributed by atoms with Crippen molar-refractivity contribution in [3.05, 3.63) is 15.5 Å². The Morgan fingerprint density at radius 3 is 3.17 bits per heavy atom. The van der Waals surface area contributed by atoms with Crippen molar-refractivity contribution in [3.63, 3.8) is 0 Å². The first-order valence-electron chi connectivity index (χ1n) is 3.71. The highest BCUT2D eigenvalue weighted by atomic mass is 127. The third-order valence-electron chi connectivity index (χ3n) is 2.00. The average Bonchev–Trinajstić information content (AvgIpc) is 2.47. The third-order valence-corrected chi connectivity index (χ3v) is 2.90. The molecule has 2 heterocycles. The molecule has 64 valence electrons. The Morgan fingerprint density at radius 2 is 2.42 bits per heavy atom. The van der Waals surface area contributed by atoms with Crippen LogP contribution < -0.4 is 0 Å². The van der Waals surface area contributed by atoms with Crippen LogP contribution in [0.25, 0.3) is 0 Å². The van der Waals surface area contributed by atoms with Crippen molar-refractivity contribution in [3.8, 4) is 0 Å². The highest BCUT2D eigenvalue weighted by Gasteiger charge is 2.17. The number of aromatic nitrogens is 2. The minimum absolute atomic E-state index is 0.696. The van der Waals surface area contributed by atoms with E-state index in [1.54, 1.807) is 4.90 Å². The van der Waals surface area contributed by atoms with E-state index in [2.05, 4.69) is 27.7 Å². The normalized spacial score (nSPS) is 15.9. The van der Waals surface area contributed by atoms with E-state index in [1.807, 2.05) is 10.9 Å². The number of rotatable bonds is 1. The Balaban J connectivity index is 2.31. The zero-order valence-electron chi connectivity index (χ0n) is 6.40. The first-order valence-corrected chi connectivity index (χ1v) is 4.78. The summed E-state index contributed by atoms with van der Waals surface area (Å²) in [5.74, 6) is 0. The van der Waals surface area contributed by atoms with Gasteiger partial charge < -0.3 is 4.90 Å². The molecule has 5 heteroatoms. The molecule has 0 saturated carbocycles. The van der Waals surface area contributed by atoms with Gasteiger partial charge in [0.05, 0.1) is 28.6 Å². The van der Waals surface area contributed by atoms with Crippen molar-refractivity contribution < 1.29 is 4.79 Å². The lowest BCUT2D eigenvalue weighted by molar-refractivity contribution is -0.119. The maximum absolute atomic E-state index is 10.5. The van der Waals surface area contributed by atoms with Crippen molar-refractivity contribution in [2.24, 2.45) is 0 Å². The molecule has 0 aliphatic carbocycles. The molecule has 0 bridgehead atoms. The monoisotopic (exact) mass is 277 g/mol. The summed E-state index contributed by atoms with van der Waals surface area (Å²) in [4.78, 5) is 12.3. The van der Waals surface area contributed by atoms with Gasteiger partial charge >= 0.3 is 0 Å². The van der Waals surface area contributed by atoms with Gasteiger partial charge in [0.2, 0.25) is 6.41 Å². The molecule has 0 fully saturated rings. The number of hydrogen-bond acceptors (Lipinski definition) is 2. The summed E-state index contributed by atoms with van der Waals surface area (Å²) in [6.45, 7) is 2.28. The van der Waals surface area contributed by atoms with Crippen LogP contribution in [0.4, 0.5) is 0 Å². The van der Waals surface area contributed by atoms with Gasteiger partial charge in [-0.2, -0.15) is 5.10 Å². The number of halogens is 1. The fourth-order valence-corrected chi connectivity index (χ4v) is 1.90. The van der Waals surface area contributed by atoms with E-state index < -0.39 is 0 Å². The van der Waals surface area contributed by atoms with E-state index in [0.717, 1.165) is 28.8 Å². The lowest BCUT2D eigenvalue weighted by atomic mass is 10.3. The van der Waals surface area contributed by atoms with Crippen LogP contribution in [0.5, 0.6) is 0 Å². The van der Waals surface area contributed by atoms with Crippen LogP contribution in [0, 0.1) is 3.57 Å². The molecule has 1 aliphatic rings. The highest BCUT2D eigenvalue weighted by molar-refractivity contribution is 14.1. The lowest BCUT2D eigenvalue weighted by Crippen LogP contribution is -2.33. The summed E-state index contributed by atoms with van der Waals surface area (Å²) in [5, 5.41) is 4.19. The minimum atomic E-state index is 0.696. The van der Waals surface area contributed by atoms with Crippen molar-refractivity contribution in [1.29, 1.82) is 0 Å². The molecule has 0 N–H and O–H groups in total. The largest absolute Gasteiger partial charge is 0.337 e. The quantitative estimate of drug-likeness (QED) is 0.552. The molecule has 1 aromatic rings. The number of nitrogens with zero attached hydrogens (tertiary/aromatic N) is 3. The zero-order valence-corrected chi connectivity index (χ0v) is 8.56. The number of carbonyl (C=O) groups excluding carboxylic acids is 1. The van der Waals surface area contributed by atoms with Crippen LogP contribution in [-0.4, -0.2) is 27.6 Å². The molecular formula is C7H8IN3O. The maximum Gasteiger partial charge on any atom is 0.210 e. The van der Waals surface area contributed by atoms with Crippen LogP contribution in [0.2, 0.25) is 0 Å². The number of amides is 1. The van der Waals surface area contributed by atoms with Crippen LogP contribution in [0.3, 0.4) is 0 Å². The lowest BCUT2D eigenvalue weighted by Gasteiger charge is -2.23. The fraction of sp³-hybridized carbons (Fsp3) is 0.429. The Hall–Kier alpha value is -0.590. The summed E-state index contributed by atoms with van der Waals surface area (Å²) in [5.41, 5.74) is 1.15. The average molecular weight is 277 g/mol. The SMILES string of the molecule is O=CN1CCn2ncc(I)c2C1. The molecule has 1 amide bonds. The van der Waals surface area contributed by atoms with Crippen molar-refractivity contribution in [2.75, 3.05) is 6.54 Å². The van der Waals surface area contributed by atoms with E-state index in [1.165, 1.54) is 0 Å². The predicted molar refractivity (Wildman–Crippen MR) is 51.4 cm³/mol. The first kappa shape index (κ1) is 8.03. The van der Waals surface area contributed by atoms with Gasteiger partial charge in [-0.3, -0.25) is 9.48 Å². The smallest absolute Gasteiger partial charge is 0.210 e. The molecule has 1 aliphatic heterocycles. The molecule has 0 saturated heterocycles. The molecule has 0 spiro atoms. The van der Waals surface area contributed by atoms with Crippen LogP contribution >= 0.6 is 22.6 Å². The Kier molecular flexibility index (Phi) is 2.03. The third kappa shape index (κ3) is 1.21. The standard InChI is InChI=1S/C7H8IN3O/c8-6-3-9-11-2-1-10(5-12)4-7(6)11/h3,5H,1-2,4H2. The van der Waals surface area contributed by atoms with Gasteiger partial charge in [0.25, 0.3) is 0 Å². The second kappa shape index (κ2) is 3.04. The Labute approximate surface area is 83.7 Å². The molecule has 12 heavy (non-hydrogen) atoms. The van der Waals surface area contributed by atoms with Crippen LogP contribution in [0.15, 0.2) is 6.20 Å². The van der Waals surface area contributed by atoms with Gasteiger partial charge in [-0.05, 0) is 22.6 Å². The first-order chi connectivity index (χ1) is 5.81. The van der Waals surface area contributed by atoms with Crippen molar-refractivity contribution >= 4 is 29.0 Å². The van der Waals surface area contributed by atoms with E-state index in [9.17, 15) is 4.79 Å². The van der Waals surface area contributed by atoms with E-state index >= 15 is 0 Å². The number of fused-ring (bicyclic) bond motifs is 1. The Morgan fingerprint density at radius 1 is 1.58 bits per heavy atom. The van der Waals surface area contributed by atoms with E-state index in [0.29, 0.717) is 6.54 Å². The summed E-state index contributed by atoms with van der Waals surface area (Å²) >= 11 is 2.24. The summed E-state index contributed by atoms with van der Waals surface area (Å²) in [6, 6.07) is 0. The predicted octanol–water partition coefficient (Wildman–Crippen LogP) is 0.460. The number of carbonyl (C=O) groups is 1. The summed E-state index contributed by atoms with van der Waals surface area (Å²) < 4.78 is 3.10. The van der Waals surface area contributed by atoms with Gasteiger partial charge in [-0.15, -0.1) is 0 Å².